The van der Waals surface area contributed by atoms with Gasteiger partial charge in [0.25, 0.3) is 0 Å². The quantitative estimate of drug-likeness (QED) is 0.610. The van der Waals surface area contributed by atoms with Crippen molar-refractivity contribution in [2.24, 2.45) is 5.92 Å². The van der Waals surface area contributed by atoms with Crippen LogP contribution in [0.1, 0.15) is 28.8 Å². The number of nitrogens with one attached hydrogen (secondary N) is 2. The minimum atomic E-state index is 0.0407. The topological polar surface area (TPSA) is 80.3 Å². The van der Waals surface area contributed by atoms with Gasteiger partial charge >= 0.3 is 0 Å². The number of rotatable bonds is 7. The molecule has 142 valence electrons. The molecule has 6 nitrogen and oxygen atoms in total. The molecule has 0 spiro atoms. The molecular formula is C22H21N3O3. The van der Waals surface area contributed by atoms with Crippen LogP contribution in [0.2, 0.25) is 0 Å². The molecule has 1 saturated carbocycles. The number of carbonyl (C=O) groups excluding carboxylic acids is 2. The van der Waals surface area contributed by atoms with E-state index in [1.54, 1.807) is 13.3 Å². The monoisotopic (exact) mass is 375 g/mol. The van der Waals surface area contributed by atoms with Crippen molar-refractivity contribution in [3.63, 3.8) is 0 Å². The van der Waals surface area contributed by atoms with Gasteiger partial charge in [0.05, 0.1) is 7.11 Å². The first-order valence-corrected chi connectivity index (χ1v) is 9.23. The van der Waals surface area contributed by atoms with Crippen molar-refractivity contribution in [3.05, 3.63) is 59.8 Å². The van der Waals surface area contributed by atoms with E-state index in [2.05, 4.69) is 15.6 Å². The maximum atomic E-state index is 12.0. The highest BCUT2D eigenvalue weighted by Gasteiger charge is 2.29. The fourth-order valence-electron chi connectivity index (χ4n) is 3.09. The van der Waals surface area contributed by atoms with Crippen molar-refractivity contribution in [2.75, 3.05) is 17.7 Å². The molecule has 1 fully saturated rings. The van der Waals surface area contributed by atoms with Gasteiger partial charge in [-0.3, -0.25) is 9.59 Å². The zero-order chi connectivity index (χ0) is 19.5. The van der Waals surface area contributed by atoms with E-state index in [0.29, 0.717) is 23.6 Å². The predicted octanol–water partition coefficient (Wildman–Crippen LogP) is 4.02. The number of benzene rings is 2. The van der Waals surface area contributed by atoms with E-state index >= 15 is 0 Å². The van der Waals surface area contributed by atoms with Crippen molar-refractivity contribution in [3.8, 4) is 5.75 Å². The molecule has 1 heterocycles. The van der Waals surface area contributed by atoms with Crippen LogP contribution in [-0.4, -0.2) is 24.3 Å². The van der Waals surface area contributed by atoms with Gasteiger partial charge in [-0.05, 0) is 54.1 Å². The first-order valence-electron chi connectivity index (χ1n) is 9.23. The average molecular weight is 375 g/mol. The van der Waals surface area contributed by atoms with Crippen LogP contribution in [0.5, 0.6) is 5.75 Å². The van der Waals surface area contributed by atoms with Gasteiger partial charge in [-0.1, -0.05) is 12.1 Å². The number of fused-ring (bicyclic) bond motifs is 1. The zero-order valence-electron chi connectivity index (χ0n) is 15.6. The van der Waals surface area contributed by atoms with Crippen molar-refractivity contribution < 1.29 is 14.3 Å². The third-order valence-electron chi connectivity index (χ3n) is 4.88. The molecule has 0 saturated heterocycles. The standard InChI is InChI=1S/C22H21N3O3/c1-28-18-7-2-14(3-8-18)11-23-21-19-9-6-17(25-22(27)15-4-5-15)10-20(19)16(13-26)12-24-21/h2-3,6-10,12-13,15H,4-5,11H2,1H3,(H,23,24)(H,25,27). The van der Waals surface area contributed by atoms with Gasteiger partial charge in [0.1, 0.15) is 11.6 Å². The lowest BCUT2D eigenvalue weighted by Crippen LogP contribution is -2.13. The molecule has 0 radical (unpaired) electrons. The van der Waals surface area contributed by atoms with Gasteiger partial charge in [-0.25, -0.2) is 4.98 Å². The summed E-state index contributed by atoms with van der Waals surface area (Å²) in [5.74, 6) is 1.67. The molecule has 0 unspecified atom stereocenters. The molecule has 1 amide bonds. The largest absolute Gasteiger partial charge is 0.497 e. The predicted molar refractivity (Wildman–Crippen MR) is 109 cm³/mol. The van der Waals surface area contributed by atoms with Crippen LogP contribution in [0.15, 0.2) is 48.7 Å². The fraction of sp³-hybridized carbons (Fsp3) is 0.227. The highest BCUT2D eigenvalue weighted by atomic mass is 16.5. The second-order valence-electron chi connectivity index (χ2n) is 6.91. The molecule has 3 aromatic rings. The number of aldehydes is 1. The van der Waals surface area contributed by atoms with E-state index in [-0.39, 0.29) is 11.8 Å². The Morgan fingerprint density at radius 3 is 2.64 bits per heavy atom. The third kappa shape index (κ3) is 3.81. The summed E-state index contributed by atoms with van der Waals surface area (Å²) in [6, 6.07) is 13.4. The molecule has 4 rings (SSSR count). The summed E-state index contributed by atoms with van der Waals surface area (Å²) in [4.78, 5) is 27.9. The Morgan fingerprint density at radius 1 is 1.18 bits per heavy atom. The Kier molecular flexibility index (Phi) is 4.93. The van der Waals surface area contributed by atoms with Crippen LogP contribution in [0.4, 0.5) is 11.5 Å². The zero-order valence-corrected chi connectivity index (χ0v) is 15.6. The summed E-state index contributed by atoms with van der Waals surface area (Å²) >= 11 is 0. The van der Waals surface area contributed by atoms with E-state index in [1.165, 1.54) is 0 Å². The van der Waals surface area contributed by atoms with Gasteiger partial charge in [0, 0.05) is 35.3 Å². The number of hydrogen-bond acceptors (Lipinski definition) is 5. The normalized spacial score (nSPS) is 13.2. The Hall–Kier alpha value is -3.41. The summed E-state index contributed by atoms with van der Waals surface area (Å²) in [5.41, 5.74) is 2.27. The number of nitrogens with zero attached hydrogens (tertiary/aromatic N) is 1. The van der Waals surface area contributed by atoms with Crippen LogP contribution >= 0.6 is 0 Å². The summed E-state index contributed by atoms with van der Waals surface area (Å²) in [7, 11) is 1.64. The number of aromatic nitrogens is 1. The highest BCUT2D eigenvalue weighted by Crippen LogP contribution is 2.32. The van der Waals surface area contributed by atoms with Crippen LogP contribution in [0.25, 0.3) is 10.8 Å². The summed E-state index contributed by atoms with van der Waals surface area (Å²) in [6.45, 7) is 0.590. The van der Waals surface area contributed by atoms with Crippen molar-refractivity contribution in [1.29, 1.82) is 0 Å². The summed E-state index contributed by atoms with van der Waals surface area (Å²) < 4.78 is 5.18. The number of ether oxygens (including phenoxy) is 1. The van der Waals surface area contributed by atoms with Gasteiger partial charge in [0.2, 0.25) is 5.91 Å². The van der Waals surface area contributed by atoms with Crippen LogP contribution in [0, 0.1) is 5.92 Å². The minimum Gasteiger partial charge on any atom is -0.497 e. The Balaban J connectivity index is 1.58. The van der Waals surface area contributed by atoms with E-state index < -0.39 is 0 Å². The Morgan fingerprint density at radius 2 is 1.96 bits per heavy atom. The third-order valence-corrected chi connectivity index (χ3v) is 4.88. The smallest absolute Gasteiger partial charge is 0.227 e. The van der Waals surface area contributed by atoms with E-state index in [9.17, 15) is 9.59 Å². The van der Waals surface area contributed by atoms with E-state index in [0.717, 1.165) is 41.2 Å². The molecule has 1 aliphatic carbocycles. The van der Waals surface area contributed by atoms with Crippen molar-refractivity contribution in [1.82, 2.24) is 4.98 Å². The number of hydrogen-bond donors (Lipinski definition) is 2. The second-order valence-corrected chi connectivity index (χ2v) is 6.91. The molecule has 28 heavy (non-hydrogen) atoms. The van der Waals surface area contributed by atoms with Crippen LogP contribution < -0.4 is 15.4 Å². The highest BCUT2D eigenvalue weighted by molar-refractivity contribution is 6.05. The van der Waals surface area contributed by atoms with Crippen LogP contribution in [-0.2, 0) is 11.3 Å². The minimum absolute atomic E-state index is 0.0407. The molecule has 1 aromatic heterocycles. The lowest BCUT2D eigenvalue weighted by molar-refractivity contribution is -0.117. The molecule has 6 heteroatoms. The molecule has 2 N–H and O–H groups in total. The van der Waals surface area contributed by atoms with Gasteiger partial charge < -0.3 is 15.4 Å². The Labute approximate surface area is 162 Å². The molecule has 1 aliphatic rings. The maximum Gasteiger partial charge on any atom is 0.227 e. The van der Waals surface area contributed by atoms with Gasteiger partial charge in [-0.2, -0.15) is 0 Å². The second kappa shape index (κ2) is 7.68. The Bertz CT molecular complexity index is 1030. The summed E-state index contributed by atoms with van der Waals surface area (Å²) in [5, 5.41) is 7.85. The van der Waals surface area contributed by atoms with Gasteiger partial charge in [0.15, 0.2) is 6.29 Å². The number of anilines is 2. The lowest BCUT2D eigenvalue weighted by Gasteiger charge is -2.12. The average Bonchev–Trinajstić information content (AvgIpc) is 3.57. The lowest BCUT2D eigenvalue weighted by atomic mass is 10.1. The van der Waals surface area contributed by atoms with E-state index in [1.807, 2.05) is 42.5 Å². The molecule has 0 aliphatic heterocycles. The number of carbonyl (C=O) groups is 2. The van der Waals surface area contributed by atoms with Crippen LogP contribution in [0.3, 0.4) is 0 Å². The summed E-state index contributed by atoms with van der Waals surface area (Å²) in [6.07, 6.45) is 4.23. The fourth-order valence-corrected chi connectivity index (χ4v) is 3.09. The van der Waals surface area contributed by atoms with E-state index in [4.69, 9.17) is 4.74 Å². The number of methoxy groups -OCH3 is 1. The van der Waals surface area contributed by atoms with Gasteiger partial charge in [-0.15, -0.1) is 0 Å². The van der Waals surface area contributed by atoms with Crippen molar-refractivity contribution in [2.45, 2.75) is 19.4 Å². The number of amides is 1. The first kappa shape index (κ1) is 18.0. The maximum absolute atomic E-state index is 12.0. The molecule has 0 atom stereocenters. The first-order chi connectivity index (χ1) is 13.7. The number of pyridine rings is 1. The molecule has 2 aromatic carbocycles. The van der Waals surface area contributed by atoms with Crippen molar-refractivity contribution >= 4 is 34.5 Å². The molecular weight excluding hydrogens is 354 g/mol. The SMILES string of the molecule is COc1ccc(CNc2ncc(C=O)c3cc(NC(=O)C4CC4)ccc23)cc1. The molecule has 0 bridgehead atoms.